The Bertz CT molecular complexity index is 809. The summed E-state index contributed by atoms with van der Waals surface area (Å²) in [7, 11) is 6.70. The second kappa shape index (κ2) is 6.29. The Labute approximate surface area is 182 Å². The molecule has 8 nitrogen and oxygen atoms in total. The van der Waals surface area contributed by atoms with Crippen molar-refractivity contribution in [2.45, 2.75) is 67.3 Å². The van der Waals surface area contributed by atoms with Crippen molar-refractivity contribution in [3.05, 3.63) is 0 Å². The zero-order valence-electron chi connectivity index (χ0n) is 18.7. The van der Waals surface area contributed by atoms with Crippen LogP contribution in [0.1, 0.15) is 25.7 Å². The third kappa shape index (κ3) is 1.88. The van der Waals surface area contributed by atoms with Crippen LogP contribution in [0.5, 0.6) is 0 Å². The molecular formula is C23H35NO7. The van der Waals surface area contributed by atoms with E-state index >= 15 is 0 Å². The van der Waals surface area contributed by atoms with E-state index in [0.717, 1.165) is 12.8 Å². The first-order valence-corrected chi connectivity index (χ1v) is 11.6. The largest absolute Gasteiger partial charge is 0.395 e. The minimum atomic E-state index is -1.62. The van der Waals surface area contributed by atoms with E-state index in [-0.39, 0.29) is 48.6 Å². The van der Waals surface area contributed by atoms with Crippen LogP contribution in [0.3, 0.4) is 0 Å². The normalized spacial score (nSPS) is 62.9. The summed E-state index contributed by atoms with van der Waals surface area (Å²) in [5.41, 5.74) is -4.22. The standard InChI is InChI=1S/C23H35NO7/c1-28-13-8-21(26)15-12(7-11(13)16(15)30-3)22-14(29-2)5-6-20(10-25)9-24-19(22)23(21,27)18(31-4)17(20)22/h9,11-19,25-27H,5-8,10H2,1-4H3/t11-,12-,13+,14+,15-,16+,17-,18+,19+,20+,21-,22+,23-/m1/s1. The smallest absolute Gasteiger partial charge is 0.143 e. The van der Waals surface area contributed by atoms with E-state index < -0.39 is 34.2 Å². The molecule has 0 radical (unpaired) electrons. The van der Waals surface area contributed by atoms with E-state index in [1.54, 1.807) is 28.4 Å². The zero-order valence-corrected chi connectivity index (χ0v) is 18.7. The fourth-order valence-corrected chi connectivity index (χ4v) is 9.98. The van der Waals surface area contributed by atoms with Crippen molar-refractivity contribution >= 4 is 6.21 Å². The van der Waals surface area contributed by atoms with Crippen molar-refractivity contribution in [3.8, 4) is 0 Å². The molecule has 0 aromatic carbocycles. The van der Waals surface area contributed by atoms with Crippen LogP contribution in [0, 0.1) is 34.5 Å². The van der Waals surface area contributed by atoms with Crippen molar-refractivity contribution in [2.75, 3.05) is 35.0 Å². The summed E-state index contributed by atoms with van der Waals surface area (Å²) >= 11 is 0. The maximum absolute atomic E-state index is 12.6. The van der Waals surface area contributed by atoms with Crippen LogP contribution in [0.2, 0.25) is 0 Å². The first-order chi connectivity index (χ1) is 14.9. The molecule has 31 heavy (non-hydrogen) atoms. The van der Waals surface area contributed by atoms with E-state index in [0.29, 0.717) is 12.8 Å². The average molecular weight is 438 g/mol. The summed E-state index contributed by atoms with van der Waals surface area (Å²) in [4.78, 5) is 4.95. The molecule has 1 heterocycles. The van der Waals surface area contributed by atoms with Gasteiger partial charge in [-0.1, -0.05) is 0 Å². The molecule has 0 unspecified atom stereocenters. The summed E-state index contributed by atoms with van der Waals surface area (Å²) in [5.74, 6) is -0.302. The fourth-order valence-electron chi connectivity index (χ4n) is 9.98. The SMILES string of the molecule is CO[C@H]1[C@@H]2C[C@@H]3[C@H]1[C@](O)(C[C@@H]2OC)[C@@]1(O)[C@@H](OC)[C@@H]2[C@]4(CO)C=N[C@H]1[C@]32[C@@H](OC)CC4. The molecule has 174 valence electrons. The van der Waals surface area contributed by atoms with Gasteiger partial charge in [-0.3, -0.25) is 4.99 Å². The highest BCUT2D eigenvalue weighted by Crippen LogP contribution is 2.79. The molecule has 0 saturated heterocycles. The maximum atomic E-state index is 12.6. The lowest BCUT2D eigenvalue weighted by Gasteiger charge is -2.65. The first-order valence-electron chi connectivity index (χ1n) is 11.6. The number of rotatable bonds is 5. The molecule has 5 saturated carbocycles. The van der Waals surface area contributed by atoms with Gasteiger partial charge in [-0.05, 0) is 25.2 Å². The van der Waals surface area contributed by atoms with Gasteiger partial charge in [0.2, 0.25) is 0 Å². The zero-order chi connectivity index (χ0) is 22.0. The average Bonchev–Trinajstić information content (AvgIpc) is 3.17. The quantitative estimate of drug-likeness (QED) is 0.556. The Balaban J connectivity index is 1.67. The molecule has 0 aromatic rings. The second-order valence-electron chi connectivity index (χ2n) is 10.9. The van der Waals surface area contributed by atoms with Crippen LogP contribution >= 0.6 is 0 Å². The molecular weight excluding hydrogens is 402 g/mol. The van der Waals surface area contributed by atoms with E-state index in [9.17, 15) is 15.3 Å². The van der Waals surface area contributed by atoms with Crippen LogP contribution in [-0.2, 0) is 18.9 Å². The van der Waals surface area contributed by atoms with Crippen LogP contribution in [0.4, 0.5) is 0 Å². The van der Waals surface area contributed by atoms with E-state index in [1.165, 1.54) is 0 Å². The van der Waals surface area contributed by atoms with Gasteiger partial charge in [0.1, 0.15) is 11.2 Å². The summed E-state index contributed by atoms with van der Waals surface area (Å²) < 4.78 is 24.1. The van der Waals surface area contributed by atoms with E-state index in [1.807, 2.05) is 6.21 Å². The summed E-state index contributed by atoms with van der Waals surface area (Å²) in [6.45, 7) is -0.0599. The molecule has 6 rings (SSSR count). The third-order valence-electron chi connectivity index (χ3n) is 10.7. The van der Waals surface area contributed by atoms with Gasteiger partial charge >= 0.3 is 0 Å². The molecule has 7 bridgehead atoms. The Morgan fingerprint density at radius 2 is 1.84 bits per heavy atom. The van der Waals surface area contributed by atoms with Crippen molar-refractivity contribution in [1.82, 2.24) is 0 Å². The van der Waals surface area contributed by atoms with Gasteiger partial charge in [0.15, 0.2) is 0 Å². The van der Waals surface area contributed by atoms with E-state index in [2.05, 4.69) is 0 Å². The van der Waals surface area contributed by atoms with E-state index in [4.69, 9.17) is 23.9 Å². The van der Waals surface area contributed by atoms with Crippen LogP contribution in [0.15, 0.2) is 4.99 Å². The van der Waals surface area contributed by atoms with Gasteiger partial charge < -0.3 is 34.3 Å². The lowest BCUT2D eigenvalue weighted by atomic mass is 9.44. The van der Waals surface area contributed by atoms with Crippen molar-refractivity contribution in [3.63, 3.8) is 0 Å². The number of ether oxygens (including phenoxy) is 4. The molecule has 1 aliphatic heterocycles. The Morgan fingerprint density at radius 3 is 2.45 bits per heavy atom. The van der Waals surface area contributed by atoms with Crippen molar-refractivity contribution in [1.29, 1.82) is 0 Å². The van der Waals surface area contributed by atoms with Gasteiger partial charge in [0, 0.05) is 69.7 Å². The minimum Gasteiger partial charge on any atom is -0.395 e. The molecule has 1 spiro atoms. The molecule has 0 aromatic heterocycles. The summed E-state index contributed by atoms with van der Waals surface area (Å²) in [5, 5.41) is 35.7. The highest BCUT2D eigenvalue weighted by molar-refractivity contribution is 5.72. The Hall–Kier alpha value is -0.610. The third-order valence-corrected chi connectivity index (χ3v) is 10.7. The predicted molar refractivity (Wildman–Crippen MR) is 110 cm³/mol. The molecule has 6 aliphatic rings. The first kappa shape index (κ1) is 21.0. The number of nitrogens with zero attached hydrogens (tertiary/aromatic N) is 1. The van der Waals surface area contributed by atoms with Gasteiger partial charge in [-0.15, -0.1) is 0 Å². The number of hydrogen-bond acceptors (Lipinski definition) is 8. The summed E-state index contributed by atoms with van der Waals surface area (Å²) in [6.07, 6.45) is 3.25. The Kier molecular flexibility index (Phi) is 4.25. The Morgan fingerprint density at radius 1 is 1.06 bits per heavy atom. The van der Waals surface area contributed by atoms with Gasteiger partial charge in [-0.2, -0.15) is 0 Å². The van der Waals surface area contributed by atoms with Crippen molar-refractivity contribution in [2.24, 2.45) is 39.5 Å². The molecule has 8 heteroatoms. The number of aliphatic hydroxyl groups is 3. The molecule has 5 fully saturated rings. The highest BCUT2D eigenvalue weighted by Gasteiger charge is 2.90. The predicted octanol–water partition coefficient (Wildman–Crippen LogP) is 0.0199. The number of aliphatic hydroxyl groups excluding tert-OH is 1. The number of aliphatic imine (C=N–C) groups is 1. The number of fused-ring (bicyclic) bond motifs is 2. The molecule has 5 aliphatic carbocycles. The highest BCUT2D eigenvalue weighted by atomic mass is 16.5. The van der Waals surface area contributed by atoms with Gasteiger partial charge in [0.25, 0.3) is 0 Å². The minimum absolute atomic E-state index is 0.0247. The van der Waals surface area contributed by atoms with Gasteiger partial charge in [-0.25, -0.2) is 0 Å². The second-order valence-corrected chi connectivity index (χ2v) is 10.9. The summed E-state index contributed by atoms with van der Waals surface area (Å²) in [6, 6.07) is -0.557. The monoisotopic (exact) mass is 437 g/mol. The lowest BCUT2D eigenvalue weighted by Crippen LogP contribution is -2.77. The lowest BCUT2D eigenvalue weighted by molar-refractivity contribution is -0.293. The topological polar surface area (TPSA) is 110 Å². The van der Waals surface area contributed by atoms with Crippen molar-refractivity contribution < 1.29 is 34.3 Å². The molecule has 13 atom stereocenters. The van der Waals surface area contributed by atoms with Crippen LogP contribution < -0.4 is 0 Å². The molecule has 0 amide bonds. The van der Waals surface area contributed by atoms with Crippen LogP contribution in [-0.4, -0.2) is 98.2 Å². The maximum Gasteiger partial charge on any atom is 0.143 e. The van der Waals surface area contributed by atoms with Gasteiger partial charge in [0.05, 0.1) is 37.1 Å². The molecule has 3 N–H and O–H groups in total. The van der Waals surface area contributed by atoms with Crippen LogP contribution in [0.25, 0.3) is 0 Å². The number of hydrogen-bond donors (Lipinski definition) is 3. The number of methoxy groups -OCH3 is 4. The fraction of sp³-hybridized carbons (Fsp3) is 0.957.